The molecular weight excluding hydrogens is 316 g/mol. The predicted octanol–water partition coefficient (Wildman–Crippen LogP) is 3.18. The van der Waals surface area contributed by atoms with E-state index < -0.39 is 0 Å². The minimum Gasteiger partial charge on any atom is -0.336 e. The molecule has 2 amide bonds. The first kappa shape index (κ1) is 16.9. The summed E-state index contributed by atoms with van der Waals surface area (Å²) in [7, 11) is 4.03. The van der Waals surface area contributed by atoms with Crippen molar-refractivity contribution in [3.63, 3.8) is 0 Å². The number of rotatable bonds is 6. The highest BCUT2D eigenvalue weighted by Gasteiger charge is 2.17. The third-order valence-corrected chi connectivity index (χ3v) is 5.21. The van der Waals surface area contributed by atoms with Gasteiger partial charge in [0.05, 0.1) is 12.1 Å². The van der Waals surface area contributed by atoms with Crippen molar-refractivity contribution in [3.05, 3.63) is 38.5 Å². The monoisotopic (exact) mass is 338 g/mol. The van der Waals surface area contributed by atoms with Crippen LogP contribution in [0.2, 0.25) is 0 Å². The van der Waals surface area contributed by atoms with Crippen LogP contribution in [0.15, 0.2) is 22.2 Å². The van der Waals surface area contributed by atoms with Crippen LogP contribution < -0.4 is 10.6 Å². The van der Waals surface area contributed by atoms with Gasteiger partial charge in [-0.3, -0.25) is 0 Å². The normalized spacial score (nSPS) is 13.9. The van der Waals surface area contributed by atoms with Gasteiger partial charge < -0.3 is 15.5 Å². The van der Waals surface area contributed by atoms with Gasteiger partial charge in [-0.2, -0.15) is 11.3 Å². The smallest absolute Gasteiger partial charge is 0.315 e. The van der Waals surface area contributed by atoms with E-state index in [4.69, 9.17) is 0 Å². The van der Waals surface area contributed by atoms with Crippen LogP contribution in [-0.2, 0) is 0 Å². The number of aromatic nitrogens is 1. The predicted molar refractivity (Wildman–Crippen MR) is 92.5 cm³/mol. The van der Waals surface area contributed by atoms with Gasteiger partial charge in [0.1, 0.15) is 5.01 Å². The molecule has 2 rings (SSSR count). The Morgan fingerprint density at radius 1 is 1.41 bits per heavy atom. The summed E-state index contributed by atoms with van der Waals surface area (Å²) >= 11 is 3.23. The topological polar surface area (TPSA) is 57.3 Å². The molecule has 0 aliphatic carbocycles. The van der Waals surface area contributed by atoms with Crippen molar-refractivity contribution in [2.75, 3.05) is 20.6 Å². The van der Waals surface area contributed by atoms with Gasteiger partial charge in [-0.05, 0) is 50.3 Å². The van der Waals surface area contributed by atoms with Crippen molar-refractivity contribution >= 4 is 28.7 Å². The lowest BCUT2D eigenvalue weighted by Gasteiger charge is -2.24. The number of amides is 2. The minimum absolute atomic E-state index is 0.0855. The maximum Gasteiger partial charge on any atom is 0.315 e. The van der Waals surface area contributed by atoms with Gasteiger partial charge in [-0.25, -0.2) is 9.78 Å². The Morgan fingerprint density at radius 3 is 2.73 bits per heavy atom. The van der Waals surface area contributed by atoms with E-state index in [9.17, 15) is 4.79 Å². The molecule has 0 aliphatic heterocycles. The summed E-state index contributed by atoms with van der Waals surface area (Å²) in [6.45, 7) is 4.47. The van der Waals surface area contributed by atoms with E-state index in [1.54, 1.807) is 22.7 Å². The van der Waals surface area contributed by atoms with E-state index in [1.807, 2.05) is 33.3 Å². The summed E-state index contributed by atoms with van der Waals surface area (Å²) in [5.41, 5.74) is 2.21. The zero-order valence-corrected chi connectivity index (χ0v) is 14.9. The van der Waals surface area contributed by atoms with Gasteiger partial charge >= 0.3 is 6.03 Å². The molecule has 0 saturated heterocycles. The Labute approximate surface area is 139 Å². The van der Waals surface area contributed by atoms with E-state index in [0.29, 0.717) is 6.54 Å². The average molecular weight is 339 g/mol. The molecule has 0 aromatic carbocycles. The molecule has 0 aliphatic rings. The second kappa shape index (κ2) is 7.71. The summed E-state index contributed by atoms with van der Waals surface area (Å²) in [5, 5.41) is 13.0. The molecule has 0 spiro atoms. The first-order chi connectivity index (χ1) is 10.5. The largest absolute Gasteiger partial charge is 0.336 e. The molecule has 0 bridgehead atoms. The van der Waals surface area contributed by atoms with E-state index in [1.165, 1.54) is 5.56 Å². The molecule has 2 heterocycles. The summed E-state index contributed by atoms with van der Waals surface area (Å²) in [4.78, 5) is 18.6. The van der Waals surface area contributed by atoms with Gasteiger partial charge in [-0.15, -0.1) is 11.3 Å². The van der Waals surface area contributed by atoms with Gasteiger partial charge in [0.25, 0.3) is 0 Å². The lowest BCUT2D eigenvalue weighted by molar-refractivity contribution is 0.230. The quantitative estimate of drug-likeness (QED) is 0.850. The van der Waals surface area contributed by atoms with Crippen LogP contribution in [0.5, 0.6) is 0 Å². The standard InChI is InChI=1S/C15H22N4OS2/c1-10-8-22-14(17-10)11(2)18-15(20)16-7-13(19(3)4)12-5-6-21-9-12/h5-6,8-9,11,13H,7H2,1-4H3,(H2,16,18,20)/t11-,13-/m1/s1. The van der Waals surface area contributed by atoms with Crippen LogP contribution in [0, 0.1) is 6.92 Å². The number of hydrogen-bond donors (Lipinski definition) is 2. The number of thiazole rings is 1. The zero-order chi connectivity index (χ0) is 16.1. The number of nitrogens with zero attached hydrogens (tertiary/aromatic N) is 2. The van der Waals surface area contributed by atoms with E-state index >= 15 is 0 Å². The molecular formula is C15H22N4OS2. The van der Waals surface area contributed by atoms with Crippen LogP contribution in [-0.4, -0.2) is 36.6 Å². The summed E-state index contributed by atoms with van der Waals surface area (Å²) in [5.74, 6) is 0. The van der Waals surface area contributed by atoms with Crippen LogP contribution >= 0.6 is 22.7 Å². The van der Waals surface area contributed by atoms with Crippen molar-refractivity contribution in [1.82, 2.24) is 20.5 Å². The highest BCUT2D eigenvalue weighted by atomic mass is 32.1. The highest BCUT2D eigenvalue weighted by Crippen LogP contribution is 2.20. The molecule has 0 radical (unpaired) electrons. The fourth-order valence-electron chi connectivity index (χ4n) is 2.13. The second-order valence-corrected chi connectivity index (χ2v) is 7.11. The fraction of sp³-hybridized carbons (Fsp3) is 0.467. The molecule has 0 unspecified atom stereocenters. The minimum atomic E-state index is -0.164. The zero-order valence-electron chi connectivity index (χ0n) is 13.3. The van der Waals surface area contributed by atoms with Crippen molar-refractivity contribution in [3.8, 4) is 0 Å². The summed E-state index contributed by atoms with van der Waals surface area (Å²) < 4.78 is 0. The third-order valence-electron chi connectivity index (χ3n) is 3.36. The Hall–Kier alpha value is -1.44. The number of aryl methyl sites for hydroxylation is 1. The van der Waals surface area contributed by atoms with E-state index in [2.05, 4.69) is 37.3 Å². The molecule has 0 fully saturated rings. The van der Waals surface area contributed by atoms with Crippen LogP contribution in [0.1, 0.15) is 35.3 Å². The van der Waals surface area contributed by atoms with Gasteiger partial charge in [-0.1, -0.05) is 0 Å². The molecule has 2 N–H and O–H groups in total. The van der Waals surface area contributed by atoms with Crippen LogP contribution in [0.3, 0.4) is 0 Å². The molecule has 0 saturated carbocycles. The number of hydrogen-bond acceptors (Lipinski definition) is 5. The SMILES string of the molecule is Cc1csc([C@@H](C)NC(=O)NC[C@H](c2ccsc2)N(C)C)n1. The molecule has 2 aromatic heterocycles. The van der Waals surface area contributed by atoms with Crippen molar-refractivity contribution in [1.29, 1.82) is 0 Å². The molecule has 120 valence electrons. The first-order valence-electron chi connectivity index (χ1n) is 7.12. The first-order valence-corrected chi connectivity index (χ1v) is 8.94. The Bertz CT molecular complexity index is 594. The number of urea groups is 1. The van der Waals surface area contributed by atoms with Crippen molar-refractivity contribution < 1.29 is 4.79 Å². The maximum atomic E-state index is 12.1. The second-order valence-electron chi connectivity index (χ2n) is 5.44. The Balaban J connectivity index is 1.86. The van der Waals surface area contributed by atoms with E-state index in [0.717, 1.165) is 10.7 Å². The summed E-state index contributed by atoms with van der Waals surface area (Å²) in [6, 6.07) is 2.02. The number of carbonyl (C=O) groups is 1. The number of likely N-dealkylation sites (N-methyl/N-ethyl adjacent to an activating group) is 1. The number of thiophene rings is 1. The molecule has 2 aromatic rings. The maximum absolute atomic E-state index is 12.1. The van der Waals surface area contributed by atoms with Gasteiger partial charge in [0.2, 0.25) is 0 Å². The van der Waals surface area contributed by atoms with E-state index in [-0.39, 0.29) is 18.1 Å². The number of nitrogens with one attached hydrogen (secondary N) is 2. The molecule has 22 heavy (non-hydrogen) atoms. The average Bonchev–Trinajstić information content (AvgIpc) is 3.10. The third kappa shape index (κ3) is 4.53. The van der Waals surface area contributed by atoms with Crippen LogP contribution in [0.4, 0.5) is 4.79 Å². The highest BCUT2D eigenvalue weighted by molar-refractivity contribution is 7.09. The van der Waals surface area contributed by atoms with Crippen LogP contribution in [0.25, 0.3) is 0 Å². The van der Waals surface area contributed by atoms with Crippen molar-refractivity contribution in [2.45, 2.75) is 25.9 Å². The molecule has 2 atom stereocenters. The lowest BCUT2D eigenvalue weighted by Crippen LogP contribution is -2.41. The van der Waals surface area contributed by atoms with Crippen molar-refractivity contribution in [2.24, 2.45) is 0 Å². The Morgan fingerprint density at radius 2 is 2.18 bits per heavy atom. The fourth-order valence-corrected chi connectivity index (χ4v) is 3.64. The number of carbonyl (C=O) groups excluding carboxylic acids is 1. The summed E-state index contributed by atoms with van der Waals surface area (Å²) in [6.07, 6.45) is 0. The molecule has 5 nitrogen and oxygen atoms in total. The lowest BCUT2D eigenvalue weighted by atomic mass is 10.1. The van der Waals surface area contributed by atoms with Gasteiger partial charge in [0.15, 0.2) is 0 Å². The molecule has 7 heteroatoms. The Kier molecular flexibility index (Phi) is 5.93. The van der Waals surface area contributed by atoms with Gasteiger partial charge in [0, 0.05) is 17.6 Å².